The van der Waals surface area contributed by atoms with Gasteiger partial charge in [-0.25, -0.2) is 0 Å². The van der Waals surface area contributed by atoms with E-state index >= 15 is 0 Å². The summed E-state index contributed by atoms with van der Waals surface area (Å²) in [4.78, 5) is 11.1. The zero-order valence-corrected chi connectivity index (χ0v) is 10.5. The molecule has 0 aromatic rings. The Labute approximate surface area is 96.0 Å². The molecule has 0 saturated heterocycles. The molecule has 0 rings (SSSR count). The molecule has 15 heavy (non-hydrogen) atoms. The Morgan fingerprint density at radius 3 is 2.47 bits per heavy atom. The Morgan fingerprint density at radius 2 is 2.07 bits per heavy atom. The summed E-state index contributed by atoms with van der Waals surface area (Å²) in [6.07, 6.45) is 0.711. The smallest absolute Gasteiger partial charge is 0.234 e. The average Bonchev–Trinajstić information content (AvgIpc) is 2.15. The number of carbonyl (C=O) groups is 1. The predicted molar refractivity (Wildman–Crippen MR) is 64.9 cm³/mol. The molecule has 0 fully saturated rings. The second-order valence-corrected chi connectivity index (χ2v) is 5.48. The highest BCUT2D eigenvalue weighted by molar-refractivity contribution is 7.99. The van der Waals surface area contributed by atoms with E-state index in [0.717, 1.165) is 5.75 Å². The highest BCUT2D eigenvalue weighted by Crippen LogP contribution is 2.12. The second-order valence-electron chi connectivity index (χ2n) is 3.93. The van der Waals surface area contributed by atoms with Gasteiger partial charge in [0.2, 0.25) is 5.91 Å². The molecule has 0 aliphatic carbocycles. The first-order valence-corrected chi connectivity index (χ1v) is 6.30. The molecule has 2 unspecified atom stereocenters. The van der Waals surface area contributed by atoms with Crippen LogP contribution in [0, 0.1) is 0 Å². The summed E-state index contributed by atoms with van der Waals surface area (Å²) in [7, 11) is 0. The van der Waals surface area contributed by atoms with Crippen LogP contribution in [0.1, 0.15) is 27.2 Å². The lowest BCUT2D eigenvalue weighted by Gasteiger charge is -2.18. The average molecular weight is 234 g/mol. The number of nitrogens with two attached hydrogens (primary N) is 1. The standard InChI is InChI=1S/C10H22N2O2S/c1-7(2)12-9(10(11)14)4-5-15-8(3)6-13/h7-9,12-13H,4-6H2,1-3H3,(H2,11,14). The number of amides is 1. The van der Waals surface area contributed by atoms with Crippen LogP contribution in [0.25, 0.3) is 0 Å². The van der Waals surface area contributed by atoms with Gasteiger partial charge >= 0.3 is 0 Å². The van der Waals surface area contributed by atoms with Crippen molar-refractivity contribution in [3.8, 4) is 0 Å². The van der Waals surface area contributed by atoms with Gasteiger partial charge in [-0.15, -0.1) is 0 Å². The quantitative estimate of drug-likeness (QED) is 0.566. The van der Waals surface area contributed by atoms with Crippen LogP contribution >= 0.6 is 11.8 Å². The van der Waals surface area contributed by atoms with Crippen LogP contribution in [0.2, 0.25) is 0 Å². The molecule has 0 aromatic carbocycles. The van der Waals surface area contributed by atoms with Crippen molar-refractivity contribution in [1.29, 1.82) is 0 Å². The molecule has 1 amide bonds. The number of aliphatic hydroxyl groups excluding tert-OH is 1. The van der Waals surface area contributed by atoms with E-state index in [1.165, 1.54) is 0 Å². The highest BCUT2D eigenvalue weighted by atomic mass is 32.2. The molecule has 0 radical (unpaired) electrons. The molecule has 5 heteroatoms. The Bertz CT molecular complexity index is 188. The van der Waals surface area contributed by atoms with Crippen molar-refractivity contribution in [2.75, 3.05) is 12.4 Å². The summed E-state index contributed by atoms with van der Waals surface area (Å²) in [6.45, 7) is 6.10. The van der Waals surface area contributed by atoms with Gasteiger partial charge in [-0.05, 0) is 12.2 Å². The van der Waals surface area contributed by atoms with Crippen LogP contribution in [-0.4, -0.2) is 40.7 Å². The fourth-order valence-electron chi connectivity index (χ4n) is 1.15. The Kier molecular flexibility index (Phi) is 7.82. The first-order valence-electron chi connectivity index (χ1n) is 5.25. The van der Waals surface area contributed by atoms with Crippen molar-refractivity contribution < 1.29 is 9.90 Å². The van der Waals surface area contributed by atoms with E-state index in [1.54, 1.807) is 11.8 Å². The van der Waals surface area contributed by atoms with Gasteiger partial charge in [0.05, 0.1) is 12.6 Å². The number of hydrogen-bond donors (Lipinski definition) is 3. The molecule has 0 aliphatic heterocycles. The van der Waals surface area contributed by atoms with E-state index in [2.05, 4.69) is 5.32 Å². The van der Waals surface area contributed by atoms with Crippen LogP contribution in [0.5, 0.6) is 0 Å². The van der Waals surface area contributed by atoms with Crippen LogP contribution in [0.15, 0.2) is 0 Å². The van der Waals surface area contributed by atoms with Crippen LogP contribution in [0.4, 0.5) is 0 Å². The van der Waals surface area contributed by atoms with E-state index in [4.69, 9.17) is 10.8 Å². The van der Waals surface area contributed by atoms with Crippen molar-refractivity contribution in [1.82, 2.24) is 5.32 Å². The third kappa shape index (κ3) is 7.64. The van der Waals surface area contributed by atoms with Gasteiger partial charge in [-0.1, -0.05) is 20.8 Å². The topological polar surface area (TPSA) is 75.3 Å². The summed E-state index contributed by atoms with van der Waals surface area (Å²) in [5.74, 6) is 0.524. The lowest BCUT2D eigenvalue weighted by Crippen LogP contribution is -2.44. The third-order valence-electron chi connectivity index (χ3n) is 1.94. The summed E-state index contributed by atoms with van der Waals surface area (Å²) in [5.41, 5.74) is 5.27. The third-order valence-corrected chi connectivity index (χ3v) is 3.13. The number of thioether (sulfide) groups is 1. The van der Waals surface area contributed by atoms with Gasteiger partial charge in [0.25, 0.3) is 0 Å². The van der Waals surface area contributed by atoms with Gasteiger partial charge in [-0.3, -0.25) is 4.79 Å². The van der Waals surface area contributed by atoms with E-state index in [-0.39, 0.29) is 29.8 Å². The monoisotopic (exact) mass is 234 g/mol. The largest absolute Gasteiger partial charge is 0.395 e. The molecule has 0 bridgehead atoms. The lowest BCUT2D eigenvalue weighted by atomic mass is 10.2. The maximum atomic E-state index is 11.1. The van der Waals surface area contributed by atoms with Crippen molar-refractivity contribution in [2.45, 2.75) is 44.5 Å². The molecule has 90 valence electrons. The molecule has 0 heterocycles. The molecule has 4 nitrogen and oxygen atoms in total. The van der Waals surface area contributed by atoms with E-state index in [9.17, 15) is 4.79 Å². The van der Waals surface area contributed by atoms with E-state index in [0.29, 0.717) is 6.42 Å². The molecule has 0 spiro atoms. The van der Waals surface area contributed by atoms with Crippen molar-refractivity contribution >= 4 is 17.7 Å². The first-order chi connectivity index (χ1) is 6.97. The van der Waals surface area contributed by atoms with Crippen molar-refractivity contribution in [3.63, 3.8) is 0 Å². The van der Waals surface area contributed by atoms with Gasteiger partial charge in [0.1, 0.15) is 0 Å². The highest BCUT2D eigenvalue weighted by Gasteiger charge is 2.15. The van der Waals surface area contributed by atoms with Crippen molar-refractivity contribution in [3.05, 3.63) is 0 Å². The zero-order chi connectivity index (χ0) is 11.8. The fraction of sp³-hybridized carbons (Fsp3) is 0.900. The Balaban J connectivity index is 3.81. The second kappa shape index (κ2) is 7.96. The number of carbonyl (C=O) groups excluding carboxylic acids is 1. The number of hydrogen-bond acceptors (Lipinski definition) is 4. The van der Waals surface area contributed by atoms with Crippen LogP contribution < -0.4 is 11.1 Å². The Morgan fingerprint density at radius 1 is 1.47 bits per heavy atom. The summed E-state index contributed by atoms with van der Waals surface area (Å²) < 4.78 is 0. The van der Waals surface area contributed by atoms with Gasteiger partial charge < -0.3 is 16.2 Å². The number of primary amides is 1. The number of rotatable bonds is 8. The summed E-state index contributed by atoms with van der Waals surface area (Å²) >= 11 is 1.65. The van der Waals surface area contributed by atoms with E-state index < -0.39 is 0 Å². The predicted octanol–water partition coefficient (Wildman–Crippen LogP) is 0.342. The zero-order valence-electron chi connectivity index (χ0n) is 9.69. The van der Waals surface area contributed by atoms with Gasteiger partial charge in [0.15, 0.2) is 0 Å². The van der Waals surface area contributed by atoms with Crippen molar-refractivity contribution in [2.24, 2.45) is 5.73 Å². The molecular weight excluding hydrogens is 212 g/mol. The number of aliphatic hydroxyl groups is 1. The molecular formula is C10H22N2O2S. The Hall–Kier alpha value is -0.260. The van der Waals surface area contributed by atoms with Crippen LogP contribution in [0.3, 0.4) is 0 Å². The summed E-state index contributed by atoms with van der Waals surface area (Å²) in [5, 5.41) is 12.2. The SMILES string of the molecule is CC(C)NC(CCSC(C)CO)C(N)=O. The lowest BCUT2D eigenvalue weighted by molar-refractivity contribution is -0.120. The molecule has 0 aliphatic rings. The van der Waals surface area contributed by atoms with Gasteiger partial charge in [0, 0.05) is 11.3 Å². The maximum absolute atomic E-state index is 11.1. The molecule has 0 aromatic heterocycles. The minimum Gasteiger partial charge on any atom is -0.395 e. The fourth-order valence-corrected chi connectivity index (χ4v) is 2.03. The first kappa shape index (κ1) is 14.7. The molecule has 4 N–H and O–H groups in total. The van der Waals surface area contributed by atoms with Crippen LogP contribution in [-0.2, 0) is 4.79 Å². The molecule has 0 saturated carbocycles. The summed E-state index contributed by atoms with van der Waals surface area (Å²) in [6, 6.07) is -0.00819. The maximum Gasteiger partial charge on any atom is 0.234 e. The number of nitrogens with one attached hydrogen (secondary N) is 1. The minimum absolute atomic E-state index is 0.170. The molecule has 2 atom stereocenters. The minimum atomic E-state index is -0.305. The van der Waals surface area contributed by atoms with E-state index in [1.807, 2.05) is 20.8 Å². The normalized spacial score (nSPS) is 15.3. The van der Waals surface area contributed by atoms with Gasteiger partial charge in [-0.2, -0.15) is 11.8 Å².